The number of nitrogens with one attached hydrogen (secondary N) is 2. The summed E-state index contributed by atoms with van der Waals surface area (Å²) in [5, 5.41) is 6.67. The molecule has 2 atom stereocenters. The van der Waals surface area contributed by atoms with Crippen LogP contribution in [0, 0.1) is 0 Å². The number of carbonyl (C=O) groups is 1. The van der Waals surface area contributed by atoms with E-state index in [-0.39, 0.29) is 18.1 Å². The van der Waals surface area contributed by atoms with Gasteiger partial charge < -0.3 is 20.1 Å². The number of carbonyl (C=O) groups excluding carboxylic acids is 1. The SMILES string of the molecule is COC(CNC(=O)C1COCCN1)c1ccc(Cl)cc1. The number of morpholine rings is 1. The smallest absolute Gasteiger partial charge is 0.239 e. The zero-order valence-electron chi connectivity index (χ0n) is 11.4. The second-order valence-electron chi connectivity index (χ2n) is 4.60. The minimum absolute atomic E-state index is 0.0688. The van der Waals surface area contributed by atoms with Gasteiger partial charge >= 0.3 is 0 Å². The van der Waals surface area contributed by atoms with Crippen molar-refractivity contribution < 1.29 is 14.3 Å². The van der Waals surface area contributed by atoms with Crippen molar-refractivity contribution in [2.24, 2.45) is 0 Å². The van der Waals surface area contributed by atoms with Crippen molar-refractivity contribution in [1.29, 1.82) is 0 Å². The number of benzene rings is 1. The van der Waals surface area contributed by atoms with E-state index in [0.29, 0.717) is 31.3 Å². The molecule has 0 aromatic heterocycles. The lowest BCUT2D eigenvalue weighted by Gasteiger charge is -2.24. The molecule has 20 heavy (non-hydrogen) atoms. The topological polar surface area (TPSA) is 59.6 Å². The maximum Gasteiger partial charge on any atom is 0.239 e. The standard InChI is InChI=1S/C14H19ClN2O3/c1-19-13(10-2-4-11(15)5-3-10)8-17-14(18)12-9-20-7-6-16-12/h2-5,12-13,16H,6-9H2,1H3,(H,17,18). The fraction of sp³-hybridized carbons (Fsp3) is 0.500. The van der Waals surface area contributed by atoms with Crippen molar-refractivity contribution in [3.05, 3.63) is 34.9 Å². The number of hydrogen-bond donors (Lipinski definition) is 2. The van der Waals surface area contributed by atoms with Gasteiger partial charge in [0.2, 0.25) is 5.91 Å². The summed E-state index contributed by atoms with van der Waals surface area (Å²) in [6.45, 7) is 2.16. The van der Waals surface area contributed by atoms with Gasteiger partial charge in [-0.05, 0) is 17.7 Å². The van der Waals surface area contributed by atoms with Gasteiger partial charge in [-0.2, -0.15) is 0 Å². The summed E-state index contributed by atoms with van der Waals surface area (Å²) in [4.78, 5) is 12.0. The van der Waals surface area contributed by atoms with Gasteiger partial charge in [-0.1, -0.05) is 23.7 Å². The van der Waals surface area contributed by atoms with E-state index in [9.17, 15) is 4.79 Å². The van der Waals surface area contributed by atoms with E-state index in [1.54, 1.807) is 19.2 Å². The van der Waals surface area contributed by atoms with Gasteiger partial charge in [0, 0.05) is 25.2 Å². The second kappa shape index (κ2) is 7.59. The van der Waals surface area contributed by atoms with Crippen LogP contribution in [0.15, 0.2) is 24.3 Å². The van der Waals surface area contributed by atoms with Gasteiger partial charge in [0.15, 0.2) is 0 Å². The number of rotatable bonds is 5. The molecule has 0 radical (unpaired) electrons. The second-order valence-corrected chi connectivity index (χ2v) is 5.04. The maximum absolute atomic E-state index is 12.0. The summed E-state index contributed by atoms with van der Waals surface area (Å²) in [7, 11) is 1.62. The molecule has 2 rings (SSSR count). The number of ether oxygens (including phenoxy) is 2. The fourth-order valence-electron chi connectivity index (χ4n) is 2.07. The van der Waals surface area contributed by atoms with Gasteiger partial charge in [-0.25, -0.2) is 0 Å². The van der Waals surface area contributed by atoms with Gasteiger partial charge in [0.1, 0.15) is 6.04 Å². The molecule has 6 heteroatoms. The largest absolute Gasteiger partial charge is 0.378 e. The minimum atomic E-state index is -0.286. The predicted octanol–water partition coefficient (Wildman–Crippen LogP) is 1.13. The molecule has 2 N–H and O–H groups in total. The lowest BCUT2D eigenvalue weighted by molar-refractivity contribution is -0.126. The highest BCUT2D eigenvalue weighted by atomic mass is 35.5. The van der Waals surface area contributed by atoms with Crippen molar-refractivity contribution in [2.45, 2.75) is 12.1 Å². The van der Waals surface area contributed by atoms with Crippen LogP contribution < -0.4 is 10.6 Å². The van der Waals surface area contributed by atoms with E-state index in [4.69, 9.17) is 21.1 Å². The summed E-state index contributed by atoms with van der Waals surface area (Å²) in [6.07, 6.45) is -0.194. The summed E-state index contributed by atoms with van der Waals surface area (Å²) in [6, 6.07) is 7.11. The van der Waals surface area contributed by atoms with Crippen LogP contribution in [0.4, 0.5) is 0 Å². The molecule has 1 heterocycles. The first-order chi connectivity index (χ1) is 9.70. The molecule has 1 amide bonds. The van der Waals surface area contributed by atoms with Crippen LogP contribution >= 0.6 is 11.6 Å². The van der Waals surface area contributed by atoms with Crippen molar-refractivity contribution in [1.82, 2.24) is 10.6 Å². The summed E-state index contributed by atoms with van der Waals surface area (Å²) >= 11 is 5.86. The fourth-order valence-corrected chi connectivity index (χ4v) is 2.19. The molecule has 1 aliphatic rings. The molecule has 0 saturated carbocycles. The number of hydrogen-bond acceptors (Lipinski definition) is 4. The highest BCUT2D eigenvalue weighted by molar-refractivity contribution is 6.30. The summed E-state index contributed by atoms with van der Waals surface area (Å²) in [5.41, 5.74) is 0.977. The Morgan fingerprint density at radius 2 is 2.30 bits per heavy atom. The Bertz CT molecular complexity index is 433. The Morgan fingerprint density at radius 3 is 2.90 bits per heavy atom. The van der Waals surface area contributed by atoms with Crippen molar-refractivity contribution in [3.63, 3.8) is 0 Å². The highest BCUT2D eigenvalue weighted by Crippen LogP contribution is 2.18. The van der Waals surface area contributed by atoms with Gasteiger partial charge in [0.25, 0.3) is 0 Å². The van der Waals surface area contributed by atoms with Crippen molar-refractivity contribution in [3.8, 4) is 0 Å². The van der Waals surface area contributed by atoms with Crippen LogP contribution in [0.1, 0.15) is 11.7 Å². The monoisotopic (exact) mass is 298 g/mol. The predicted molar refractivity (Wildman–Crippen MR) is 76.8 cm³/mol. The molecule has 1 aromatic carbocycles. The molecule has 1 fully saturated rings. The Labute approximate surface area is 123 Å². The van der Waals surface area contributed by atoms with Crippen LogP contribution in [-0.2, 0) is 14.3 Å². The first-order valence-electron chi connectivity index (χ1n) is 6.58. The van der Waals surface area contributed by atoms with Crippen LogP contribution in [0.3, 0.4) is 0 Å². The van der Waals surface area contributed by atoms with Gasteiger partial charge in [-0.15, -0.1) is 0 Å². The van der Waals surface area contributed by atoms with Crippen LogP contribution in [0.5, 0.6) is 0 Å². The van der Waals surface area contributed by atoms with Crippen LogP contribution in [-0.4, -0.2) is 45.4 Å². The molecule has 2 unspecified atom stereocenters. The van der Waals surface area contributed by atoms with E-state index in [0.717, 1.165) is 5.56 Å². The third kappa shape index (κ3) is 4.18. The highest BCUT2D eigenvalue weighted by Gasteiger charge is 2.22. The summed E-state index contributed by atoms with van der Waals surface area (Å²) < 4.78 is 10.7. The molecular weight excluding hydrogens is 280 g/mol. The number of halogens is 1. The van der Waals surface area contributed by atoms with E-state index in [2.05, 4.69) is 10.6 Å². The molecule has 0 bridgehead atoms. The molecule has 0 aliphatic carbocycles. The van der Waals surface area contributed by atoms with Gasteiger partial charge in [0.05, 0.1) is 19.3 Å². The quantitative estimate of drug-likeness (QED) is 0.856. The Balaban J connectivity index is 1.86. The molecule has 1 aliphatic heterocycles. The first kappa shape index (κ1) is 15.3. The summed E-state index contributed by atoms with van der Waals surface area (Å²) in [5.74, 6) is -0.0688. The minimum Gasteiger partial charge on any atom is -0.378 e. The average Bonchev–Trinajstić information content (AvgIpc) is 2.50. The van der Waals surface area contributed by atoms with Crippen LogP contribution in [0.25, 0.3) is 0 Å². The van der Waals surface area contributed by atoms with Crippen molar-refractivity contribution in [2.75, 3.05) is 33.4 Å². The normalized spacial score (nSPS) is 20.4. The number of methoxy groups -OCH3 is 1. The molecule has 0 spiro atoms. The lowest BCUT2D eigenvalue weighted by atomic mass is 10.1. The zero-order valence-corrected chi connectivity index (χ0v) is 12.2. The van der Waals surface area contributed by atoms with Gasteiger partial charge in [-0.3, -0.25) is 4.79 Å². The Morgan fingerprint density at radius 1 is 1.55 bits per heavy atom. The number of amides is 1. The van der Waals surface area contributed by atoms with E-state index in [1.807, 2.05) is 12.1 Å². The average molecular weight is 299 g/mol. The van der Waals surface area contributed by atoms with Crippen LogP contribution in [0.2, 0.25) is 5.02 Å². The van der Waals surface area contributed by atoms with E-state index >= 15 is 0 Å². The molecule has 1 saturated heterocycles. The van der Waals surface area contributed by atoms with Crippen molar-refractivity contribution >= 4 is 17.5 Å². The molecule has 1 aromatic rings. The maximum atomic E-state index is 12.0. The first-order valence-corrected chi connectivity index (χ1v) is 6.95. The molecule has 5 nitrogen and oxygen atoms in total. The van der Waals surface area contributed by atoms with E-state index < -0.39 is 0 Å². The third-order valence-electron chi connectivity index (χ3n) is 3.23. The lowest BCUT2D eigenvalue weighted by Crippen LogP contribution is -2.51. The third-order valence-corrected chi connectivity index (χ3v) is 3.48. The van der Waals surface area contributed by atoms with E-state index in [1.165, 1.54) is 0 Å². The Hall–Kier alpha value is -1.14. The molecular formula is C14H19ClN2O3. The molecule has 110 valence electrons. The zero-order chi connectivity index (χ0) is 14.4. The Kier molecular flexibility index (Phi) is 5.79.